The molecule has 0 amide bonds. The normalized spacial score (nSPS) is 11.8. The molecule has 4 nitrogen and oxygen atoms in total. The molecule has 5 heteroatoms. The monoisotopic (exact) mass is 624 g/mol. The Bertz CT molecular complexity index is 2380. The lowest BCUT2D eigenvalue weighted by molar-refractivity contribution is 0.591. The molecule has 0 aliphatic rings. The van der Waals surface area contributed by atoms with Crippen molar-refractivity contribution in [3.05, 3.63) is 157 Å². The smallest absolute Gasteiger partial charge is 0.164 e. The number of nitrogens with zero attached hydrogens (tertiary/aromatic N) is 4. The number of para-hydroxylation sites is 1. The van der Waals surface area contributed by atoms with Crippen LogP contribution in [0.1, 0.15) is 26.3 Å². The van der Waals surface area contributed by atoms with Gasteiger partial charge in [-0.25, -0.2) is 19.3 Å². The predicted octanol–water partition coefficient (Wildman–Crippen LogP) is 11.1. The van der Waals surface area contributed by atoms with Gasteiger partial charge in [0.25, 0.3) is 0 Å². The van der Waals surface area contributed by atoms with Gasteiger partial charge < -0.3 is 4.57 Å². The summed E-state index contributed by atoms with van der Waals surface area (Å²) in [5, 5.41) is 2.28. The lowest BCUT2D eigenvalue weighted by Crippen LogP contribution is -2.11. The third-order valence-electron chi connectivity index (χ3n) is 8.90. The molecule has 0 bridgehead atoms. The molecule has 0 saturated carbocycles. The predicted molar refractivity (Wildman–Crippen MR) is 195 cm³/mol. The molecular weight excluding hydrogens is 591 g/mol. The first-order chi connectivity index (χ1) is 23.3. The molecule has 0 aliphatic carbocycles. The van der Waals surface area contributed by atoms with Gasteiger partial charge in [-0.2, -0.15) is 0 Å². The summed E-state index contributed by atoms with van der Waals surface area (Å²) in [6, 6.07) is 48.1. The summed E-state index contributed by atoms with van der Waals surface area (Å²) >= 11 is 0. The summed E-state index contributed by atoms with van der Waals surface area (Å²) in [5.41, 5.74) is 8.03. The Labute approximate surface area is 279 Å². The van der Waals surface area contributed by atoms with Crippen molar-refractivity contribution < 1.29 is 4.39 Å². The van der Waals surface area contributed by atoms with Crippen LogP contribution in [0.3, 0.4) is 0 Å². The van der Waals surface area contributed by atoms with E-state index in [1.165, 1.54) is 11.6 Å². The third-order valence-corrected chi connectivity index (χ3v) is 8.90. The molecular formula is C43H33FN4. The van der Waals surface area contributed by atoms with Crippen LogP contribution in [0.2, 0.25) is 0 Å². The number of benzene rings is 6. The van der Waals surface area contributed by atoms with Gasteiger partial charge in [0.2, 0.25) is 0 Å². The molecule has 0 aliphatic heterocycles. The Kier molecular flexibility index (Phi) is 7.18. The maximum atomic E-state index is 15.6. The van der Waals surface area contributed by atoms with E-state index in [2.05, 4.69) is 73.9 Å². The van der Waals surface area contributed by atoms with Crippen LogP contribution >= 0.6 is 0 Å². The minimum absolute atomic E-state index is 0.0573. The summed E-state index contributed by atoms with van der Waals surface area (Å²) < 4.78 is 17.9. The molecule has 2 aromatic heterocycles. The molecule has 8 aromatic rings. The Hall–Kier alpha value is -5.94. The van der Waals surface area contributed by atoms with Crippen LogP contribution in [0.5, 0.6) is 0 Å². The molecule has 2 heterocycles. The second-order valence-electron chi connectivity index (χ2n) is 13.1. The molecule has 0 N–H and O–H groups in total. The van der Waals surface area contributed by atoms with E-state index in [0.717, 1.165) is 49.7 Å². The summed E-state index contributed by atoms with van der Waals surface area (Å²) in [6.45, 7) is 6.67. The molecule has 48 heavy (non-hydrogen) atoms. The highest BCUT2D eigenvalue weighted by Crippen LogP contribution is 2.40. The second-order valence-corrected chi connectivity index (χ2v) is 13.1. The Morgan fingerprint density at radius 2 is 1.04 bits per heavy atom. The van der Waals surface area contributed by atoms with E-state index in [1.807, 2.05) is 84.9 Å². The SMILES string of the molecule is CC(C)(C)c1ccc2c3ccccc3n(-c3cc(-c4nc(-c5ccccc5)nc(-c5ccccc5)n4)ccc3-c3ccccc3F)c2c1. The zero-order valence-corrected chi connectivity index (χ0v) is 27.0. The molecule has 0 unspecified atom stereocenters. The van der Waals surface area contributed by atoms with Gasteiger partial charge in [0.1, 0.15) is 5.82 Å². The van der Waals surface area contributed by atoms with Crippen molar-refractivity contribution in [3.63, 3.8) is 0 Å². The van der Waals surface area contributed by atoms with Gasteiger partial charge in [0, 0.05) is 38.6 Å². The fourth-order valence-corrected chi connectivity index (χ4v) is 6.40. The average molecular weight is 625 g/mol. The Morgan fingerprint density at radius 1 is 0.479 bits per heavy atom. The van der Waals surface area contributed by atoms with Crippen molar-refractivity contribution in [1.82, 2.24) is 19.5 Å². The molecule has 232 valence electrons. The van der Waals surface area contributed by atoms with Crippen LogP contribution in [0.4, 0.5) is 4.39 Å². The number of fused-ring (bicyclic) bond motifs is 3. The van der Waals surface area contributed by atoms with E-state index in [9.17, 15) is 0 Å². The zero-order valence-electron chi connectivity index (χ0n) is 27.0. The van der Waals surface area contributed by atoms with E-state index >= 15 is 4.39 Å². The van der Waals surface area contributed by atoms with Crippen LogP contribution in [-0.2, 0) is 5.41 Å². The fourth-order valence-electron chi connectivity index (χ4n) is 6.40. The highest BCUT2D eigenvalue weighted by atomic mass is 19.1. The number of hydrogen-bond donors (Lipinski definition) is 0. The molecule has 0 saturated heterocycles. The van der Waals surface area contributed by atoms with Crippen LogP contribution in [0, 0.1) is 5.82 Å². The first-order valence-corrected chi connectivity index (χ1v) is 16.2. The van der Waals surface area contributed by atoms with E-state index in [4.69, 9.17) is 15.0 Å². The maximum absolute atomic E-state index is 15.6. The van der Waals surface area contributed by atoms with Gasteiger partial charge in [-0.1, -0.05) is 142 Å². The van der Waals surface area contributed by atoms with Gasteiger partial charge in [-0.15, -0.1) is 0 Å². The second kappa shape index (κ2) is 11.7. The number of hydrogen-bond acceptors (Lipinski definition) is 3. The highest BCUT2D eigenvalue weighted by molar-refractivity contribution is 6.10. The van der Waals surface area contributed by atoms with Crippen molar-refractivity contribution in [2.75, 3.05) is 0 Å². The minimum Gasteiger partial charge on any atom is -0.309 e. The number of halogens is 1. The fraction of sp³-hybridized carbons (Fsp3) is 0.0930. The molecule has 6 aromatic carbocycles. The average Bonchev–Trinajstić information content (AvgIpc) is 3.45. The van der Waals surface area contributed by atoms with Gasteiger partial charge in [-0.05, 0) is 35.2 Å². The van der Waals surface area contributed by atoms with Crippen molar-refractivity contribution in [1.29, 1.82) is 0 Å². The van der Waals surface area contributed by atoms with E-state index < -0.39 is 0 Å². The Morgan fingerprint density at radius 3 is 1.69 bits per heavy atom. The molecule has 0 spiro atoms. The lowest BCUT2D eigenvalue weighted by Gasteiger charge is -2.20. The summed E-state index contributed by atoms with van der Waals surface area (Å²) in [5.74, 6) is 1.44. The van der Waals surface area contributed by atoms with Gasteiger partial charge in [-0.3, -0.25) is 0 Å². The largest absolute Gasteiger partial charge is 0.309 e. The number of aromatic nitrogens is 4. The quantitative estimate of drug-likeness (QED) is 0.191. The van der Waals surface area contributed by atoms with Crippen molar-refractivity contribution in [2.45, 2.75) is 26.2 Å². The summed E-state index contributed by atoms with van der Waals surface area (Å²) in [4.78, 5) is 14.9. The van der Waals surface area contributed by atoms with Crippen molar-refractivity contribution >= 4 is 21.8 Å². The van der Waals surface area contributed by atoms with Gasteiger partial charge >= 0.3 is 0 Å². The zero-order chi connectivity index (χ0) is 32.8. The van der Waals surface area contributed by atoms with E-state index in [1.54, 1.807) is 6.07 Å². The first kappa shape index (κ1) is 29.5. The minimum atomic E-state index is -0.277. The van der Waals surface area contributed by atoms with Crippen LogP contribution in [0.15, 0.2) is 146 Å². The lowest BCUT2D eigenvalue weighted by atomic mass is 9.86. The van der Waals surface area contributed by atoms with E-state index in [-0.39, 0.29) is 11.2 Å². The highest BCUT2D eigenvalue weighted by Gasteiger charge is 2.22. The van der Waals surface area contributed by atoms with Gasteiger partial charge in [0.15, 0.2) is 17.5 Å². The Balaban J connectivity index is 1.44. The first-order valence-electron chi connectivity index (χ1n) is 16.2. The standard InChI is InChI=1S/C43H33FN4/c1-43(2,3)31-23-25-35-33-19-11-13-21-37(33)48(39(35)27-31)38-26-30(22-24-34(38)32-18-10-12-20-36(32)44)42-46-40(28-14-6-4-7-15-28)45-41(47-42)29-16-8-5-9-17-29/h4-27H,1-3H3. The summed E-state index contributed by atoms with van der Waals surface area (Å²) in [6.07, 6.45) is 0. The number of rotatable bonds is 5. The maximum Gasteiger partial charge on any atom is 0.164 e. The van der Waals surface area contributed by atoms with E-state index in [0.29, 0.717) is 23.0 Å². The molecule has 0 atom stereocenters. The topological polar surface area (TPSA) is 43.6 Å². The third kappa shape index (κ3) is 5.23. The van der Waals surface area contributed by atoms with Gasteiger partial charge in [0.05, 0.1) is 16.7 Å². The van der Waals surface area contributed by atoms with Crippen molar-refractivity contribution in [2.24, 2.45) is 0 Å². The molecule has 8 rings (SSSR count). The van der Waals surface area contributed by atoms with Crippen LogP contribution < -0.4 is 0 Å². The van der Waals surface area contributed by atoms with Crippen molar-refractivity contribution in [3.8, 4) is 51.0 Å². The van der Waals surface area contributed by atoms with Crippen LogP contribution in [-0.4, -0.2) is 19.5 Å². The summed E-state index contributed by atoms with van der Waals surface area (Å²) in [7, 11) is 0. The molecule has 0 radical (unpaired) electrons. The molecule has 0 fully saturated rings. The van der Waals surface area contributed by atoms with Crippen LogP contribution in [0.25, 0.3) is 72.8 Å².